The van der Waals surface area contributed by atoms with Crippen LogP contribution in [0.25, 0.3) is 6.08 Å². The van der Waals surface area contributed by atoms with Crippen LogP contribution < -0.4 is 0 Å². The van der Waals surface area contributed by atoms with Gasteiger partial charge in [0.2, 0.25) is 0 Å². The molecule has 0 spiro atoms. The van der Waals surface area contributed by atoms with Gasteiger partial charge in [-0.1, -0.05) is 23.8 Å². The zero-order valence-electron chi connectivity index (χ0n) is 7.98. The average molecular weight is 243 g/mol. The highest BCUT2D eigenvalue weighted by atomic mass is 35.5. The molecule has 0 atom stereocenters. The molecule has 0 heterocycles. The summed E-state index contributed by atoms with van der Waals surface area (Å²) in [5.41, 5.74) is 0.961. The molecule has 4 heteroatoms. The number of thiol groups is 1. The van der Waals surface area contributed by atoms with Gasteiger partial charge in [0.05, 0.1) is 5.56 Å². The van der Waals surface area contributed by atoms with E-state index in [2.05, 4.69) is 12.6 Å². The van der Waals surface area contributed by atoms with E-state index in [4.69, 9.17) is 16.7 Å². The first-order chi connectivity index (χ1) is 7.15. The minimum Gasteiger partial charge on any atom is -0.478 e. The number of hydrogen-bond donors (Lipinski definition) is 2. The van der Waals surface area contributed by atoms with Crippen molar-refractivity contribution in [2.45, 2.75) is 6.42 Å². The number of benzene rings is 1. The molecule has 0 bridgehead atoms. The van der Waals surface area contributed by atoms with Crippen LogP contribution in [-0.4, -0.2) is 16.8 Å². The predicted octanol–water partition coefficient (Wildman–Crippen LogP) is 3.37. The van der Waals surface area contributed by atoms with Crippen molar-refractivity contribution >= 4 is 36.3 Å². The van der Waals surface area contributed by atoms with Crippen LogP contribution in [0.1, 0.15) is 22.3 Å². The SMILES string of the molecule is O=C(O)c1ccc(Cl)c(C=CCCS)c1. The number of carboxylic acids is 1. The molecule has 0 radical (unpaired) electrons. The van der Waals surface area contributed by atoms with Crippen LogP contribution in [0.4, 0.5) is 0 Å². The summed E-state index contributed by atoms with van der Waals surface area (Å²) in [4.78, 5) is 10.7. The summed E-state index contributed by atoms with van der Waals surface area (Å²) in [5.74, 6) is -0.192. The van der Waals surface area contributed by atoms with Gasteiger partial charge in [-0.15, -0.1) is 0 Å². The summed E-state index contributed by atoms with van der Waals surface area (Å²) in [6.07, 6.45) is 4.56. The highest BCUT2D eigenvalue weighted by Crippen LogP contribution is 2.19. The van der Waals surface area contributed by atoms with Gasteiger partial charge in [0.25, 0.3) is 0 Å². The molecule has 1 aromatic carbocycles. The van der Waals surface area contributed by atoms with E-state index in [1.807, 2.05) is 12.2 Å². The minimum atomic E-state index is -0.949. The van der Waals surface area contributed by atoms with Crippen LogP contribution in [0.3, 0.4) is 0 Å². The maximum Gasteiger partial charge on any atom is 0.335 e. The standard InChI is InChI=1S/C11H11ClO2S/c12-10-5-4-9(11(13)14)7-8(10)3-1-2-6-15/h1,3-5,7,15H,2,6H2,(H,13,14). The smallest absolute Gasteiger partial charge is 0.335 e. The third-order valence-electron chi connectivity index (χ3n) is 1.84. The summed E-state index contributed by atoms with van der Waals surface area (Å²) in [6.45, 7) is 0. The lowest BCUT2D eigenvalue weighted by Gasteiger charge is -2.00. The highest BCUT2D eigenvalue weighted by molar-refractivity contribution is 7.80. The molecular weight excluding hydrogens is 232 g/mol. The number of halogens is 1. The molecule has 0 aliphatic rings. The van der Waals surface area contributed by atoms with E-state index in [1.165, 1.54) is 6.07 Å². The summed E-state index contributed by atoms with van der Waals surface area (Å²) in [5, 5.41) is 9.34. The molecule has 0 saturated carbocycles. The number of hydrogen-bond acceptors (Lipinski definition) is 2. The average Bonchev–Trinajstić information content (AvgIpc) is 2.20. The largest absolute Gasteiger partial charge is 0.478 e. The number of carboxylic acid groups (broad SMARTS) is 1. The second kappa shape index (κ2) is 5.83. The van der Waals surface area contributed by atoms with Gasteiger partial charge in [0, 0.05) is 5.02 Å². The normalized spacial score (nSPS) is 10.8. The third-order valence-corrected chi connectivity index (χ3v) is 2.44. The number of rotatable bonds is 4. The number of allylic oxidation sites excluding steroid dienone is 1. The first-order valence-corrected chi connectivity index (χ1v) is 5.46. The Labute approximate surface area is 99.0 Å². The van der Waals surface area contributed by atoms with Gasteiger partial charge in [-0.25, -0.2) is 4.79 Å². The van der Waals surface area contributed by atoms with E-state index >= 15 is 0 Å². The van der Waals surface area contributed by atoms with E-state index in [9.17, 15) is 4.79 Å². The predicted molar refractivity (Wildman–Crippen MR) is 65.9 cm³/mol. The van der Waals surface area contributed by atoms with Crippen LogP contribution in [0.15, 0.2) is 24.3 Å². The molecule has 80 valence electrons. The van der Waals surface area contributed by atoms with Crippen molar-refractivity contribution in [1.29, 1.82) is 0 Å². The molecule has 0 aromatic heterocycles. The molecule has 15 heavy (non-hydrogen) atoms. The lowest BCUT2D eigenvalue weighted by atomic mass is 10.1. The van der Waals surface area contributed by atoms with Crippen molar-refractivity contribution in [2.75, 3.05) is 5.75 Å². The molecule has 0 unspecified atom stereocenters. The van der Waals surface area contributed by atoms with Crippen molar-refractivity contribution < 1.29 is 9.90 Å². The van der Waals surface area contributed by atoms with Gasteiger partial charge in [-0.05, 0) is 35.9 Å². The topological polar surface area (TPSA) is 37.3 Å². The summed E-state index contributed by atoms with van der Waals surface area (Å²) in [7, 11) is 0. The Morgan fingerprint density at radius 1 is 1.53 bits per heavy atom. The second-order valence-electron chi connectivity index (χ2n) is 2.96. The maximum absolute atomic E-state index is 10.7. The molecule has 0 aliphatic heterocycles. The second-order valence-corrected chi connectivity index (χ2v) is 3.81. The van der Waals surface area contributed by atoms with Crippen LogP contribution in [0.2, 0.25) is 5.02 Å². The van der Waals surface area contributed by atoms with Gasteiger partial charge in [-0.2, -0.15) is 12.6 Å². The van der Waals surface area contributed by atoms with Crippen molar-refractivity contribution in [3.8, 4) is 0 Å². The third kappa shape index (κ3) is 3.61. The van der Waals surface area contributed by atoms with Gasteiger partial charge in [0.1, 0.15) is 0 Å². The highest BCUT2D eigenvalue weighted by Gasteiger charge is 2.04. The quantitative estimate of drug-likeness (QED) is 0.795. The van der Waals surface area contributed by atoms with Gasteiger partial charge in [0.15, 0.2) is 0 Å². The first kappa shape index (κ1) is 12.1. The van der Waals surface area contributed by atoms with Gasteiger partial charge >= 0.3 is 5.97 Å². The summed E-state index contributed by atoms with van der Waals surface area (Å²) < 4.78 is 0. The monoisotopic (exact) mass is 242 g/mol. The van der Waals surface area contributed by atoms with Crippen molar-refractivity contribution in [3.05, 3.63) is 40.4 Å². The van der Waals surface area contributed by atoms with Crippen molar-refractivity contribution in [2.24, 2.45) is 0 Å². The van der Waals surface area contributed by atoms with Crippen LogP contribution in [-0.2, 0) is 0 Å². The minimum absolute atomic E-state index is 0.241. The molecule has 0 aliphatic carbocycles. The first-order valence-electron chi connectivity index (χ1n) is 4.45. The molecule has 1 rings (SSSR count). The van der Waals surface area contributed by atoms with Gasteiger partial charge < -0.3 is 5.11 Å². The molecule has 0 saturated heterocycles. The van der Waals surface area contributed by atoms with E-state index in [-0.39, 0.29) is 5.56 Å². The van der Waals surface area contributed by atoms with Crippen LogP contribution >= 0.6 is 24.2 Å². The van der Waals surface area contributed by atoms with Crippen LogP contribution in [0.5, 0.6) is 0 Å². The zero-order chi connectivity index (χ0) is 11.3. The zero-order valence-corrected chi connectivity index (χ0v) is 9.63. The maximum atomic E-state index is 10.7. The van der Waals surface area contributed by atoms with Crippen LogP contribution in [0, 0.1) is 0 Å². The Balaban J connectivity index is 2.95. The molecule has 1 N–H and O–H groups in total. The Bertz CT molecular complexity index is 388. The molecule has 1 aromatic rings. The molecular formula is C11H11ClO2S. The van der Waals surface area contributed by atoms with Gasteiger partial charge in [-0.3, -0.25) is 0 Å². The molecule has 0 amide bonds. The Hall–Kier alpha value is -0.930. The molecule has 0 fully saturated rings. The Morgan fingerprint density at radius 2 is 2.27 bits per heavy atom. The Kier molecular flexibility index (Phi) is 4.72. The van der Waals surface area contributed by atoms with E-state index in [0.717, 1.165) is 17.7 Å². The lowest BCUT2D eigenvalue weighted by molar-refractivity contribution is 0.0697. The fourth-order valence-corrected chi connectivity index (χ4v) is 1.42. The fourth-order valence-electron chi connectivity index (χ4n) is 1.09. The summed E-state index contributed by atoms with van der Waals surface area (Å²) >= 11 is 9.98. The Morgan fingerprint density at radius 3 is 2.87 bits per heavy atom. The van der Waals surface area contributed by atoms with Crippen molar-refractivity contribution in [3.63, 3.8) is 0 Å². The number of aromatic carboxylic acids is 1. The fraction of sp³-hybridized carbons (Fsp3) is 0.182. The lowest BCUT2D eigenvalue weighted by Crippen LogP contribution is -1.96. The van der Waals surface area contributed by atoms with Crippen molar-refractivity contribution in [1.82, 2.24) is 0 Å². The van der Waals surface area contributed by atoms with E-state index < -0.39 is 5.97 Å². The summed E-state index contributed by atoms with van der Waals surface area (Å²) in [6, 6.07) is 4.63. The molecule has 2 nitrogen and oxygen atoms in total. The number of carbonyl (C=O) groups is 1. The van der Waals surface area contributed by atoms with E-state index in [0.29, 0.717) is 5.02 Å². The van der Waals surface area contributed by atoms with E-state index in [1.54, 1.807) is 12.1 Å².